The van der Waals surface area contributed by atoms with Crippen molar-refractivity contribution >= 4 is 17.8 Å². The van der Waals surface area contributed by atoms with E-state index in [0.717, 1.165) is 32.1 Å². The second-order valence-corrected chi connectivity index (χ2v) is 7.07. The van der Waals surface area contributed by atoms with Crippen molar-refractivity contribution < 1.29 is 24.2 Å². The number of hydrogen-bond donors (Lipinski definition) is 3. The highest BCUT2D eigenvalue weighted by Gasteiger charge is 2.36. The van der Waals surface area contributed by atoms with Gasteiger partial charge in [-0.1, -0.05) is 25.7 Å². The van der Waals surface area contributed by atoms with Gasteiger partial charge in [0.15, 0.2) is 0 Å². The van der Waals surface area contributed by atoms with Crippen LogP contribution in [0.15, 0.2) is 0 Å². The lowest BCUT2D eigenvalue weighted by Crippen LogP contribution is -2.53. The minimum absolute atomic E-state index is 0.280. The number of carboxylic acids is 1. The summed E-state index contributed by atoms with van der Waals surface area (Å²) in [6.07, 6.45) is 6.73. The van der Waals surface area contributed by atoms with E-state index in [0.29, 0.717) is 32.4 Å². The van der Waals surface area contributed by atoms with Gasteiger partial charge in [-0.2, -0.15) is 0 Å². The van der Waals surface area contributed by atoms with E-state index in [1.807, 2.05) is 0 Å². The number of rotatable bonds is 13. The van der Waals surface area contributed by atoms with Crippen LogP contribution in [0.4, 0.5) is 0 Å². The highest BCUT2D eigenvalue weighted by Crippen LogP contribution is 2.19. The number of aliphatic carboxylic acids is 1. The average molecular weight is 386 g/mol. The van der Waals surface area contributed by atoms with Gasteiger partial charge in [0.25, 0.3) is 0 Å². The molecule has 0 saturated carbocycles. The fraction of sp³-hybridized carbons (Fsp3) is 0.842. The van der Waals surface area contributed by atoms with Crippen LogP contribution in [-0.4, -0.2) is 65.7 Å². The first-order valence-corrected chi connectivity index (χ1v) is 10.1. The summed E-state index contributed by atoms with van der Waals surface area (Å²) in [6.45, 7) is 4.83. The lowest BCUT2D eigenvalue weighted by atomic mass is 10.0. The number of nitrogens with zero attached hydrogens (tertiary/aromatic N) is 1. The Morgan fingerprint density at radius 2 is 1.89 bits per heavy atom. The molecule has 1 aliphatic rings. The minimum Gasteiger partial charge on any atom is -0.480 e. The molecule has 1 rings (SSSR count). The molecule has 1 fully saturated rings. The van der Waals surface area contributed by atoms with Crippen LogP contribution in [-0.2, 0) is 19.1 Å². The van der Waals surface area contributed by atoms with Crippen LogP contribution in [0.2, 0.25) is 0 Å². The van der Waals surface area contributed by atoms with E-state index in [1.165, 1.54) is 4.90 Å². The molecule has 0 aromatic carbocycles. The molecule has 1 aliphatic heterocycles. The molecule has 156 valence electrons. The molecule has 1 amide bonds. The molecule has 0 spiro atoms. The summed E-state index contributed by atoms with van der Waals surface area (Å²) < 4.78 is 5.13. The molecule has 8 nitrogen and oxygen atoms in total. The van der Waals surface area contributed by atoms with Gasteiger partial charge in [-0.3, -0.25) is 14.9 Å². The van der Waals surface area contributed by atoms with E-state index >= 15 is 0 Å². The first-order valence-electron chi connectivity index (χ1n) is 10.1. The SMILES string of the molecule is CCOC(=O)[C@@H](CCCCCCCN)N[C@@H](C)C(=O)N1CCC[C@H]1C(=O)O. The van der Waals surface area contributed by atoms with Crippen LogP contribution in [0.5, 0.6) is 0 Å². The summed E-state index contributed by atoms with van der Waals surface area (Å²) in [5.74, 6) is -1.63. The van der Waals surface area contributed by atoms with Crippen molar-refractivity contribution in [1.82, 2.24) is 10.2 Å². The molecule has 3 atom stereocenters. The van der Waals surface area contributed by atoms with Crippen LogP contribution in [0.1, 0.15) is 65.2 Å². The van der Waals surface area contributed by atoms with Crippen molar-refractivity contribution in [3.8, 4) is 0 Å². The van der Waals surface area contributed by atoms with Crippen molar-refractivity contribution in [3.05, 3.63) is 0 Å². The van der Waals surface area contributed by atoms with Gasteiger partial charge in [-0.05, 0) is 46.1 Å². The van der Waals surface area contributed by atoms with Crippen LogP contribution in [0, 0.1) is 0 Å². The third-order valence-electron chi connectivity index (χ3n) is 4.91. The number of esters is 1. The van der Waals surface area contributed by atoms with Gasteiger partial charge < -0.3 is 20.5 Å². The molecular weight excluding hydrogens is 350 g/mol. The second kappa shape index (κ2) is 12.7. The van der Waals surface area contributed by atoms with Gasteiger partial charge in [0, 0.05) is 6.54 Å². The average Bonchev–Trinajstić information content (AvgIpc) is 3.13. The fourth-order valence-corrected chi connectivity index (χ4v) is 3.44. The Bertz CT molecular complexity index is 486. The van der Waals surface area contributed by atoms with E-state index in [1.54, 1.807) is 13.8 Å². The Hall–Kier alpha value is -1.67. The molecule has 0 aromatic rings. The minimum atomic E-state index is -0.979. The van der Waals surface area contributed by atoms with Crippen molar-refractivity contribution in [1.29, 1.82) is 0 Å². The zero-order valence-electron chi connectivity index (χ0n) is 16.6. The molecule has 0 bridgehead atoms. The molecule has 1 heterocycles. The van der Waals surface area contributed by atoms with Gasteiger partial charge in [0.2, 0.25) is 5.91 Å². The zero-order valence-corrected chi connectivity index (χ0v) is 16.6. The maximum absolute atomic E-state index is 12.7. The van der Waals surface area contributed by atoms with Crippen LogP contribution < -0.4 is 11.1 Å². The number of unbranched alkanes of at least 4 members (excludes halogenated alkanes) is 4. The number of nitrogens with one attached hydrogen (secondary N) is 1. The van der Waals surface area contributed by atoms with Crippen LogP contribution >= 0.6 is 0 Å². The zero-order chi connectivity index (χ0) is 20.2. The highest BCUT2D eigenvalue weighted by atomic mass is 16.5. The van der Waals surface area contributed by atoms with Gasteiger partial charge in [0.1, 0.15) is 12.1 Å². The number of likely N-dealkylation sites (tertiary alicyclic amines) is 1. The largest absolute Gasteiger partial charge is 0.480 e. The van der Waals surface area contributed by atoms with Gasteiger partial charge >= 0.3 is 11.9 Å². The molecule has 0 aromatic heterocycles. The Kier molecular flexibility index (Phi) is 11.0. The summed E-state index contributed by atoms with van der Waals surface area (Å²) >= 11 is 0. The Labute approximate surface area is 161 Å². The second-order valence-electron chi connectivity index (χ2n) is 7.07. The number of ether oxygens (including phenoxy) is 1. The van der Waals surface area contributed by atoms with E-state index in [-0.39, 0.29) is 18.5 Å². The lowest BCUT2D eigenvalue weighted by Gasteiger charge is -2.27. The number of carboxylic acid groups (broad SMARTS) is 1. The maximum atomic E-state index is 12.7. The standard InChI is InChI=1S/C19H35N3O5/c1-3-27-19(26)15(10-7-5-4-6-8-12-20)21-14(2)17(23)22-13-9-11-16(22)18(24)25/h14-16,21H,3-13,20H2,1-2H3,(H,24,25)/t14-,15+,16-/m0/s1. The lowest BCUT2D eigenvalue weighted by molar-refractivity contribution is -0.150. The molecule has 8 heteroatoms. The summed E-state index contributed by atoms with van der Waals surface area (Å²) in [5.41, 5.74) is 5.48. The van der Waals surface area contributed by atoms with Gasteiger partial charge in [-0.15, -0.1) is 0 Å². The van der Waals surface area contributed by atoms with Crippen molar-refractivity contribution in [3.63, 3.8) is 0 Å². The number of nitrogens with two attached hydrogens (primary N) is 1. The topological polar surface area (TPSA) is 122 Å². The molecule has 27 heavy (non-hydrogen) atoms. The van der Waals surface area contributed by atoms with Gasteiger partial charge in [0.05, 0.1) is 12.6 Å². The van der Waals surface area contributed by atoms with E-state index in [2.05, 4.69) is 5.32 Å². The first-order chi connectivity index (χ1) is 12.9. The van der Waals surface area contributed by atoms with E-state index < -0.39 is 24.1 Å². The molecule has 0 radical (unpaired) electrons. The van der Waals surface area contributed by atoms with E-state index in [9.17, 15) is 19.5 Å². The monoisotopic (exact) mass is 385 g/mol. The Balaban J connectivity index is 2.58. The highest BCUT2D eigenvalue weighted by molar-refractivity contribution is 5.88. The Morgan fingerprint density at radius 1 is 1.22 bits per heavy atom. The molecule has 0 aliphatic carbocycles. The molecule has 0 unspecified atom stereocenters. The van der Waals surface area contributed by atoms with Crippen molar-refractivity contribution in [2.24, 2.45) is 5.73 Å². The molecule has 4 N–H and O–H groups in total. The molecule has 1 saturated heterocycles. The third kappa shape index (κ3) is 7.84. The van der Waals surface area contributed by atoms with Crippen molar-refractivity contribution in [2.75, 3.05) is 19.7 Å². The quantitative estimate of drug-likeness (QED) is 0.322. The van der Waals surface area contributed by atoms with Gasteiger partial charge in [-0.25, -0.2) is 4.79 Å². The first kappa shape index (κ1) is 23.4. The van der Waals surface area contributed by atoms with E-state index in [4.69, 9.17) is 10.5 Å². The number of carbonyl (C=O) groups excluding carboxylic acids is 2. The summed E-state index contributed by atoms with van der Waals surface area (Å²) in [7, 11) is 0. The molecular formula is C19H35N3O5. The van der Waals surface area contributed by atoms with Crippen LogP contribution in [0.3, 0.4) is 0 Å². The number of carbonyl (C=O) groups is 3. The summed E-state index contributed by atoms with van der Waals surface area (Å²) in [4.78, 5) is 37.6. The predicted molar refractivity (Wildman–Crippen MR) is 102 cm³/mol. The normalized spacial score (nSPS) is 18.9. The fourth-order valence-electron chi connectivity index (χ4n) is 3.44. The number of amides is 1. The summed E-state index contributed by atoms with van der Waals surface area (Å²) in [5, 5.41) is 12.3. The smallest absolute Gasteiger partial charge is 0.326 e. The van der Waals surface area contributed by atoms with Crippen molar-refractivity contribution in [2.45, 2.75) is 83.3 Å². The van der Waals surface area contributed by atoms with Crippen LogP contribution in [0.25, 0.3) is 0 Å². The summed E-state index contributed by atoms with van der Waals surface area (Å²) in [6, 6.07) is -1.98. The number of hydrogen-bond acceptors (Lipinski definition) is 6. The predicted octanol–water partition coefficient (Wildman–Crippen LogP) is 1.27. The Morgan fingerprint density at radius 3 is 2.52 bits per heavy atom. The third-order valence-corrected chi connectivity index (χ3v) is 4.91. The maximum Gasteiger partial charge on any atom is 0.326 e.